The van der Waals surface area contributed by atoms with Gasteiger partial charge in [0.1, 0.15) is 0 Å². The van der Waals surface area contributed by atoms with Crippen LogP contribution >= 0.6 is 12.4 Å². The Labute approximate surface area is 227 Å². The highest BCUT2D eigenvalue weighted by Gasteiger charge is 2.37. The molecule has 2 aliphatic carbocycles. The molecule has 0 unspecified atom stereocenters. The lowest BCUT2D eigenvalue weighted by Crippen LogP contribution is -2.47. The average Bonchev–Trinajstić information content (AvgIpc) is 2.93. The molecule has 2 aliphatic heterocycles. The molecule has 0 amide bonds. The highest BCUT2D eigenvalue weighted by molar-refractivity contribution is 5.85. The molecule has 0 aromatic heterocycles. The van der Waals surface area contributed by atoms with Crippen LogP contribution in [0.15, 0.2) is 18.2 Å². The first kappa shape index (κ1) is 28.0. The predicted molar refractivity (Wildman–Crippen MR) is 156 cm³/mol. The van der Waals surface area contributed by atoms with E-state index in [4.69, 9.17) is 4.74 Å². The molecule has 0 bridgehead atoms. The van der Waals surface area contributed by atoms with Crippen LogP contribution < -0.4 is 9.80 Å². The van der Waals surface area contributed by atoms with Gasteiger partial charge in [-0.25, -0.2) is 0 Å². The Morgan fingerprint density at radius 1 is 0.833 bits per heavy atom. The van der Waals surface area contributed by atoms with Gasteiger partial charge in [-0.2, -0.15) is 0 Å². The zero-order chi connectivity index (χ0) is 24.1. The van der Waals surface area contributed by atoms with Crippen LogP contribution in [0.25, 0.3) is 0 Å². The van der Waals surface area contributed by atoms with Crippen molar-refractivity contribution in [2.24, 2.45) is 5.41 Å². The quantitative estimate of drug-likeness (QED) is 0.379. The lowest BCUT2D eigenvalue weighted by molar-refractivity contribution is 0.0819. The number of rotatable bonds is 7. The molecule has 1 aromatic carbocycles. The van der Waals surface area contributed by atoms with Crippen molar-refractivity contribution in [3.63, 3.8) is 0 Å². The van der Waals surface area contributed by atoms with Gasteiger partial charge in [0.15, 0.2) is 0 Å². The number of anilines is 2. The van der Waals surface area contributed by atoms with Crippen molar-refractivity contribution >= 4 is 23.8 Å². The lowest BCUT2D eigenvalue weighted by Gasteiger charge is -2.44. The van der Waals surface area contributed by atoms with Crippen LogP contribution in [0.5, 0.6) is 0 Å². The number of methoxy groups -OCH3 is 1. The van der Waals surface area contributed by atoms with Crippen LogP contribution in [0.1, 0.15) is 102 Å². The Morgan fingerprint density at radius 3 is 2.17 bits per heavy atom. The second kappa shape index (κ2) is 13.2. The summed E-state index contributed by atoms with van der Waals surface area (Å²) in [5.74, 6) is 0.743. The van der Waals surface area contributed by atoms with E-state index in [0.29, 0.717) is 11.5 Å². The molecule has 2 saturated heterocycles. The minimum Gasteiger partial charge on any atom is -0.381 e. The summed E-state index contributed by atoms with van der Waals surface area (Å²) in [7, 11) is 1.87. The summed E-state index contributed by atoms with van der Waals surface area (Å²) in [6.07, 6.45) is 18.5. The topological polar surface area (TPSA) is 19.0 Å². The zero-order valence-electron chi connectivity index (χ0n) is 23.2. The summed E-state index contributed by atoms with van der Waals surface area (Å²) in [6.45, 7) is 10.7. The van der Waals surface area contributed by atoms with E-state index < -0.39 is 0 Å². The van der Waals surface area contributed by atoms with Gasteiger partial charge in [-0.1, -0.05) is 32.6 Å². The van der Waals surface area contributed by atoms with Gasteiger partial charge in [-0.15, -0.1) is 12.4 Å². The van der Waals surface area contributed by atoms with Gasteiger partial charge in [0.25, 0.3) is 0 Å². The van der Waals surface area contributed by atoms with Gasteiger partial charge in [0.2, 0.25) is 0 Å². The van der Waals surface area contributed by atoms with E-state index in [0.717, 1.165) is 31.8 Å². The smallest absolute Gasteiger partial charge is 0.0605 e. The van der Waals surface area contributed by atoms with Crippen molar-refractivity contribution in [1.82, 2.24) is 4.90 Å². The fourth-order valence-corrected chi connectivity index (χ4v) is 7.64. The molecule has 2 saturated carbocycles. The molecule has 1 aromatic rings. The van der Waals surface area contributed by atoms with Crippen LogP contribution in [0.2, 0.25) is 0 Å². The molecular weight excluding hydrogens is 466 g/mol. The van der Waals surface area contributed by atoms with E-state index in [2.05, 4.69) is 39.8 Å². The van der Waals surface area contributed by atoms with Crippen LogP contribution in [0.4, 0.5) is 11.4 Å². The summed E-state index contributed by atoms with van der Waals surface area (Å²) in [5.41, 5.74) is 5.38. The van der Waals surface area contributed by atoms with Crippen LogP contribution in [0.3, 0.4) is 0 Å². The largest absolute Gasteiger partial charge is 0.381 e. The van der Waals surface area contributed by atoms with E-state index in [1.807, 2.05) is 7.11 Å². The molecule has 0 atom stereocenters. The van der Waals surface area contributed by atoms with E-state index >= 15 is 0 Å². The second-order valence-corrected chi connectivity index (χ2v) is 12.2. The number of unbranched alkanes of at least 4 members (excludes halogenated alkanes) is 1. The highest BCUT2D eigenvalue weighted by Crippen LogP contribution is 2.52. The first-order valence-corrected chi connectivity index (χ1v) is 15.1. The van der Waals surface area contributed by atoms with Gasteiger partial charge in [0, 0.05) is 57.8 Å². The van der Waals surface area contributed by atoms with Crippen molar-refractivity contribution in [2.75, 3.05) is 62.7 Å². The Balaban J connectivity index is 0.00000304. The van der Waals surface area contributed by atoms with Gasteiger partial charge in [-0.3, -0.25) is 4.90 Å². The predicted octanol–water partition coefficient (Wildman–Crippen LogP) is 7.25. The van der Waals surface area contributed by atoms with Gasteiger partial charge < -0.3 is 14.5 Å². The number of piperidine rings is 1. The maximum absolute atomic E-state index is 5.64. The van der Waals surface area contributed by atoms with E-state index in [1.165, 1.54) is 109 Å². The summed E-state index contributed by atoms with van der Waals surface area (Å²) >= 11 is 0. The van der Waals surface area contributed by atoms with Crippen LogP contribution in [-0.2, 0) is 4.74 Å². The number of halogens is 1. The number of ether oxygens (including phenoxy) is 1. The molecule has 5 rings (SSSR count). The lowest BCUT2D eigenvalue weighted by atomic mass is 9.62. The summed E-state index contributed by atoms with van der Waals surface area (Å²) in [6, 6.07) is 7.55. The van der Waals surface area contributed by atoms with Crippen molar-refractivity contribution in [3.8, 4) is 0 Å². The SMILES string of the molecule is CCCCN1CCN(c2ccc(N3CCC(OC)CC3)cc2C2CCC3(CCCCC3)CC2)CC1.Cl. The third-order valence-electron chi connectivity index (χ3n) is 10.1. The van der Waals surface area contributed by atoms with Crippen molar-refractivity contribution < 1.29 is 4.74 Å². The molecule has 0 N–H and O–H groups in total. The Morgan fingerprint density at radius 2 is 1.53 bits per heavy atom. The van der Waals surface area contributed by atoms with Crippen molar-refractivity contribution in [1.29, 1.82) is 0 Å². The Bertz CT molecular complexity index is 785. The first-order valence-electron chi connectivity index (χ1n) is 15.1. The van der Waals surface area contributed by atoms with E-state index in [1.54, 1.807) is 11.3 Å². The fourth-order valence-electron chi connectivity index (χ4n) is 7.64. The molecule has 5 heteroatoms. The van der Waals surface area contributed by atoms with Crippen LogP contribution in [0, 0.1) is 5.41 Å². The number of hydrogen-bond donors (Lipinski definition) is 0. The minimum atomic E-state index is 0. The van der Waals surface area contributed by atoms with Crippen molar-refractivity contribution in [2.45, 2.75) is 102 Å². The minimum absolute atomic E-state index is 0. The average molecular weight is 518 g/mol. The normalized spacial score (nSPS) is 24.2. The van der Waals surface area contributed by atoms with Gasteiger partial charge in [0.05, 0.1) is 6.10 Å². The molecule has 2 heterocycles. The third kappa shape index (κ3) is 6.53. The molecule has 0 radical (unpaired) electrons. The summed E-state index contributed by atoms with van der Waals surface area (Å²) in [4.78, 5) is 8.03. The fraction of sp³-hybridized carbons (Fsp3) is 0.806. The molecule has 204 valence electrons. The van der Waals surface area contributed by atoms with E-state index in [9.17, 15) is 0 Å². The molecule has 1 spiro atoms. The third-order valence-corrected chi connectivity index (χ3v) is 10.1. The summed E-state index contributed by atoms with van der Waals surface area (Å²) in [5, 5.41) is 0. The number of nitrogens with zero attached hydrogens (tertiary/aromatic N) is 3. The highest BCUT2D eigenvalue weighted by atomic mass is 35.5. The number of hydrogen-bond acceptors (Lipinski definition) is 4. The van der Waals surface area contributed by atoms with Crippen LogP contribution in [-0.4, -0.2) is 63.9 Å². The molecular formula is C31H52ClN3O. The zero-order valence-corrected chi connectivity index (χ0v) is 24.0. The van der Waals surface area contributed by atoms with E-state index in [-0.39, 0.29) is 12.4 Å². The standard InChI is InChI=1S/C31H51N3O.ClH/c1-3-4-18-32-21-23-34(24-22-32)30-9-8-27(33-19-12-28(35-2)13-20-33)25-29(30)26-10-16-31(17-11-26)14-6-5-7-15-31;/h8-9,25-26,28H,3-7,10-24H2,1-2H3;1H. The maximum Gasteiger partial charge on any atom is 0.0605 e. The number of benzene rings is 1. The van der Waals surface area contributed by atoms with Crippen molar-refractivity contribution in [3.05, 3.63) is 23.8 Å². The Kier molecular flexibility index (Phi) is 10.3. The monoisotopic (exact) mass is 517 g/mol. The van der Waals surface area contributed by atoms with Gasteiger partial charge in [-0.05, 0) is 99.4 Å². The summed E-state index contributed by atoms with van der Waals surface area (Å²) < 4.78 is 5.64. The molecule has 36 heavy (non-hydrogen) atoms. The maximum atomic E-state index is 5.64. The molecule has 4 nitrogen and oxygen atoms in total. The molecule has 4 aliphatic rings. The first-order chi connectivity index (χ1) is 17.2. The van der Waals surface area contributed by atoms with Gasteiger partial charge >= 0.3 is 0 Å². The Hall–Kier alpha value is -0.970. The molecule has 4 fully saturated rings. The second-order valence-electron chi connectivity index (χ2n) is 12.2. The number of piperazine rings is 1.